The molecular formula is C19H24N4O3. The standard InChI is InChI=1S/C19H24N4O3/c24-17(13-23-18(25)14-22(19(23)26)16-6-7-16)21-10-8-20(9-11-21)12-15-4-2-1-3-5-15/h1-5,16H,6-14H2. The van der Waals surface area contributed by atoms with Gasteiger partial charge in [0, 0.05) is 38.8 Å². The fourth-order valence-electron chi connectivity index (χ4n) is 3.62. The molecular weight excluding hydrogens is 332 g/mol. The van der Waals surface area contributed by atoms with Crippen molar-refractivity contribution in [1.82, 2.24) is 19.6 Å². The average molecular weight is 356 g/mol. The van der Waals surface area contributed by atoms with Crippen LogP contribution in [0.25, 0.3) is 0 Å². The zero-order valence-corrected chi connectivity index (χ0v) is 14.8. The molecule has 3 aliphatic rings. The van der Waals surface area contributed by atoms with Crippen molar-refractivity contribution < 1.29 is 14.4 Å². The lowest BCUT2D eigenvalue weighted by molar-refractivity contribution is -0.137. The Hall–Kier alpha value is -2.41. The molecule has 138 valence electrons. The molecule has 1 saturated carbocycles. The molecule has 1 aliphatic carbocycles. The summed E-state index contributed by atoms with van der Waals surface area (Å²) < 4.78 is 0. The van der Waals surface area contributed by atoms with Crippen LogP contribution >= 0.6 is 0 Å². The van der Waals surface area contributed by atoms with Crippen LogP contribution in [0.2, 0.25) is 0 Å². The molecule has 4 rings (SSSR count). The lowest BCUT2D eigenvalue weighted by Gasteiger charge is -2.35. The molecule has 0 bridgehead atoms. The largest absolute Gasteiger partial charge is 0.339 e. The molecule has 2 saturated heterocycles. The molecule has 2 aliphatic heterocycles. The van der Waals surface area contributed by atoms with E-state index >= 15 is 0 Å². The Morgan fingerprint density at radius 3 is 2.35 bits per heavy atom. The maximum atomic E-state index is 12.5. The van der Waals surface area contributed by atoms with E-state index in [0.717, 1.165) is 37.4 Å². The number of hydrogen-bond acceptors (Lipinski definition) is 4. The summed E-state index contributed by atoms with van der Waals surface area (Å²) in [4.78, 5) is 43.8. The second-order valence-corrected chi connectivity index (χ2v) is 7.26. The number of imide groups is 1. The Morgan fingerprint density at radius 2 is 1.69 bits per heavy atom. The van der Waals surface area contributed by atoms with E-state index < -0.39 is 0 Å². The molecule has 0 atom stereocenters. The third kappa shape index (κ3) is 3.58. The van der Waals surface area contributed by atoms with Crippen molar-refractivity contribution in [3.63, 3.8) is 0 Å². The molecule has 7 nitrogen and oxygen atoms in total. The van der Waals surface area contributed by atoms with Crippen LogP contribution < -0.4 is 0 Å². The van der Waals surface area contributed by atoms with E-state index in [1.807, 2.05) is 18.2 Å². The Kier molecular flexibility index (Phi) is 4.63. The fraction of sp³-hybridized carbons (Fsp3) is 0.526. The second kappa shape index (κ2) is 7.07. The minimum Gasteiger partial charge on any atom is -0.339 e. The highest BCUT2D eigenvalue weighted by molar-refractivity contribution is 6.04. The highest BCUT2D eigenvalue weighted by atomic mass is 16.2. The maximum absolute atomic E-state index is 12.5. The summed E-state index contributed by atoms with van der Waals surface area (Å²) in [7, 11) is 0. The fourth-order valence-corrected chi connectivity index (χ4v) is 3.62. The van der Waals surface area contributed by atoms with Crippen LogP contribution in [0.15, 0.2) is 30.3 Å². The highest BCUT2D eigenvalue weighted by Crippen LogP contribution is 2.30. The smallest absolute Gasteiger partial charge is 0.327 e. The van der Waals surface area contributed by atoms with Crippen LogP contribution in [-0.2, 0) is 16.1 Å². The molecule has 7 heteroatoms. The minimum absolute atomic E-state index is 0.125. The van der Waals surface area contributed by atoms with Gasteiger partial charge in [-0.3, -0.25) is 19.4 Å². The molecule has 0 aromatic heterocycles. The molecule has 1 aromatic rings. The molecule has 0 unspecified atom stereocenters. The van der Waals surface area contributed by atoms with Crippen molar-refractivity contribution in [1.29, 1.82) is 0 Å². The summed E-state index contributed by atoms with van der Waals surface area (Å²) in [5.74, 6) is -0.387. The van der Waals surface area contributed by atoms with Crippen molar-refractivity contribution in [2.24, 2.45) is 0 Å². The van der Waals surface area contributed by atoms with Crippen LogP contribution in [0, 0.1) is 0 Å². The number of piperazine rings is 1. The Balaban J connectivity index is 1.27. The monoisotopic (exact) mass is 356 g/mol. The van der Waals surface area contributed by atoms with Gasteiger partial charge in [0.1, 0.15) is 13.1 Å². The number of amides is 4. The predicted octanol–water partition coefficient (Wildman–Crippen LogP) is 0.757. The average Bonchev–Trinajstić information content (AvgIpc) is 3.46. The van der Waals surface area contributed by atoms with Gasteiger partial charge in [0.05, 0.1) is 0 Å². The first-order chi connectivity index (χ1) is 12.6. The first kappa shape index (κ1) is 17.0. The molecule has 3 fully saturated rings. The molecule has 0 radical (unpaired) electrons. The van der Waals surface area contributed by atoms with E-state index in [9.17, 15) is 14.4 Å². The molecule has 0 N–H and O–H groups in total. The normalized spacial score (nSPS) is 21.6. The van der Waals surface area contributed by atoms with Gasteiger partial charge in [-0.05, 0) is 18.4 Å². The maximum Gasteiger partial charge on any atom is 0.327 e. The van der Waals surface area contributed by atoms with Gasteiger partial charge in [0.15, 0.2) is 0 Å². The zero-order valence-electron chi connectivity index (χ0n) is 14.8. The van der Waals surface area contributed by atoms with Crippen molar-refractivity contribution in [3.05, 3.63) is 35.9 Å². The van der Waals surface area contributed by atoms with Crippen LogP contribution in [0.3, 0.4) is 0 Å². The number of nitrogens with zero attached hydrogens (tertiary/aromatic N) is 4. The first-order valence-corrected chi connectivity index (χ1v) is 9.27. The van der Waals surface area contributed by atoms with E-state index in [2.05, 4.69) is 17.0 Å². The topological polar surface area (TPSA) is 64.2 Å². The number of hydrogen-bond donors (Lipinski definition) is 0. The summed E-state index contributed by atoms with van der Waals surface area (Å²) in [5, 5.41) is 0. The molecule has 26 heavy (non-hydrogen) atoms. The molecule has 1 aromatic carbocycles. The van der Waals surface area contributed by atoms with Gasteiger partial charge in [-0.15, -0.1) is 0 Å². The number of carbonyl (C=O) groups is 3. The summed E-state index contributed by atoms with van der Waals surface area (Å²) >= 11 is 0. The third-order valence-corrected chi connectivity index (χ3v) is 5.34. The lowest BCUT2D eigenvalue weighted by atomic mass is 10.2. The summed E-state index contributed by atoms with van der Waals surface area (Å²) in [6.45, 7) is 3.75. The van der Waals surface area contributed by atoms with Crippen molar-refractivity contribution in [2.75, 3.05) is 39.3 Å². The highest BCUT2D eigenvalue weighted by Gasteiger charge is 2.44. The van der Waals surface area contributed by atoms with Gasteiger partial charge in [0.2, 0.25) is 5.91 Å². The van der Waals surface area contributed by atoms with Crippen LogP contribution in [0.1, 0.15) is 18.4 Å². The van der Waals surface area contributed by atoms with Gasteiger partial charge < -0.3 is 9.80 Å². The van der Waals surface area contributed by atoms with Crippen molar-refractivity contribution in [2.45, 2.75) is 25.4 Å². The summed E-state index contributed by atoms with van der Waals surface area (Å²) in [5.41, 5.74) is 1.26. The van der Waals surface area contributed by atoms with E-state index in [4.69, 9.17) is 0 Å². The predicted molar refractivity (Wildman–Crippen MR) is 95.1 cm³/mol. The van der Waals surface area contributed by atoms with E-state index in [1.54, 1.807) is 9.80 Å². The van der Waals surface area contributed by atoms with E-state index in [1.165, 1.54) is 5.56 Å². The number of benzene rings is 1. The first-order valence-electron chi connectivity index (χ1n) is 9.27. The number of urea groups is 1. The number of carbonyl (C=O) groups excluding carboxylic acids is 3. The van der Waals surface area contributed by atoms with Gasteiger partial charge in [-0.25, -0.2) is 4.79 Å². The van der Waals surface area contributed by atoms with Crippen LogP contribution in [-0.4, -0.2) is 82.8 Å². The third-order valence-electron chi connectivity index (χ3n) is 5.34. The lowest BCUT2D eigenvalue weighted by Crippen LogP contribution is -2.51. The second-order valence-electron chi connectivity index (χ2n) is 7.26. The minimum atomic E-state index is -0.298. The Bertz CT molecular complexity index is 696. The number of rotatable bonds is 5. The van der Waals surface area contributed by atoms with Gasteiger partial charge in [-0.2, -0.15) is 0 Å². The van der Waals surface area contributed by atoms with E-state index in [0.29, 0.717) is 13.1 Å². The van der Waals surface area contributed by atoms with Gasteiger partial charge >= 0.3 is 6.03 Å². The summed E-state index contributed by atoms with van der Waals surface area (Å²) in [6.07, 6.45) is 1.92. The summed E-state index contributed by atoms with van der Waals surface area (Å²) in [6, 6.07) is 10.2. The van der Waals surface area contributed by atoms with Crippen LogP contribution in [0.5, 0.6) is 0 Å². The van der Waals surface area contributed by atoms with Crippen molar-refractivity contribution in [3.8, 4) is 0 Å². The van der Waals surface area contributed by atoms with Crippen LogP contribution in [0.4, 0.5) is 4.79 Å². The Morgan fingerprint density at radius 1 is 1.00 bits per heavy atom. The zero-order chi connectivity index (χ0) is 18.1. The molecule has 2 heterocycles. The van der Waals surface area contributed by atoms with Gasteiger partial charge in [0.25, 0.3) is 5.91 Å². The van der Waals surface area contributed by atoms with Crippen molar-refractivity contribution >= 4 is 17.8 Å². The SMILES string of the molecule is O=C(CN1C(=O)CN(C2CC2)C1=O)N1CCN(Cc2ccccc2)CC1. The van der Waals surface area contributed by atoms with E-state index in [-0.39, 0.29) is 37.0 Å². The quantitative estimate of drug-likeness (QED) is 0.731. The molecule has 0 spiro atoms. The van der Waals surface area contributed by atoms with Gasteiger partial charge in [-0.1, -0.05) is 30.3 Å². The molecule has 4 amide bonds. The Labute approximate surface area is 153 Å².